The average molecular weight is 348 g/mol. The Bertz CT molecular complexity index is 792. The van der Waals surface area contributed by atoms with E-state index in [1.807, 2.05) is 36.4 Å². The van der Waals surface area contributed by atoms with Crippen LogP contribution in [0.3, 0.4) is 0 Å². The standard InChI is InChI=1S/C22H24N2O2/c1-15(2)13-21-14-22(16-9-5-3-6-10-16,17-11-7-4-8-12-17)18(19(25)24-21)23-20(21)26/h3-12,15,18H,13-14H2,1-2H3,(H,23,26)(H,24,25)/t18-,21-/m1/s1. The van der Waals surface area contributed by atoms with E-state index >= 15 is 0 Å². The highest BCUT2D eigenvalue weighted by Gasteiger charge is 2.63. The largest absolute Gasteiger partial charge is 0.341 e. The molecule has 4 nitrogen and oxygen atoms in total. The summed E-state index contributed by atoms with van der Waals surface area (Å²) in [6, 6.07) is 19.6. The average Bonchev–Trinajstić information content (AvgIpc) is 2.64. The third kappa shape index (κ3) is 2.36. The number of benzene rings is 2. The first-order valence-corrected chi connectivity index (χ1v) is 9.22. The molecule has 2 bridgehead atoms. The second kappa shape index (κ2) is 5.97. The number of rotatable bonds is 4. The van der Waals surface area contributed by atoms with E-state index in [-0.39, 0.29) is 11.8 Å². The van der Waals surface area contributed by atoms with Crippen LogP contribution in [0.15, 0.2) is 60.7 Å². The van der Waals surface area contributed by atoms with E-state index < -0.39 is 17.0 Å². The summed E-state index contributed by atoms with van der Waals surface area (Å²) in [5.74, 6) is 0.141. The highest BCUT2D eigenvalue weighted by Crippen LogP contribution is 2.49. The molecule has 2 aromatic carbocycles. The molecule has 3 heterocycles. The van der Waals surface area contributed by atoms with Crippen molar-refractivity contribution in [2.45, 2.75) is 43.7 Å². The predicted octanol–water partition coefficient (Wildman–Crippen LogP) is 2.78. The summed E-state index contributed by atoms with van der Waals surface area (Å²) >= 11 is 0. The summed E-state index contributed by atoms with van der Waals surface area (Å²) in [7, 11) is 0. The summed E-state index contributed by atoms with van der Waals surface area (Å²) in [5, 5.41) is 6.10. The first-order valence-electron chi connectivity index (χ1n) is 9.22. The third-order valence-electron chi connectivity index (χ3n) is 5.74. The minimum Gasteiger partial charge on any atom is -0.341 e. The van der Waals surface area contributed by atoms with E-state index in [9.17, 15) is 9.59 Å². The first kappa shape index (κ1) is 16.8. The Morgan fingerprint density at radius 2 is 1.50 bits per heavy atom. The number of amides is 2. The van der Waals surface area contributed by atoms with Crippen LogP contribution in [0.25, 0.3) is 0 Å². The topological polar surface area (TPSA) is 58.2 Å². The van der Waals surface area contributed by atoms with Gasteiger partial charge in [-0.25, -0.2) is 0 Å². The molecule has 5 rings (SSSR count). The van der Waals surface area contributed by atoms with Crippen LogP contribution in [0.2, 0.25) is 0 Å². The van der Waals surface area contributed by atoms with Crippen LogP contribution in [0.5, 0.6) is 0 Å². The van der Waals surface area contributed by atoms with E-state index in [2.05, 4.69) is 48.7 Å². The monoisotopic (exact) mass is 348 g/mol. The Hall–Kier alpha value is -2.62. The van der Waals surface area contributed by atoms with Crippen molar-refractivity contribution in [3.05, 3.63) is 71.8 Å². The number of hydrogen-bond acceptors (Lipinski definition) is 2. The maximum absolute atomic E-state index is 13.0. The van der Waals surface area contributed by atoms with Crippen molar-refractivity contribution >= 4 is 11.8 Å². The molecule has 0 radical (unpaired) electrons. The molecule has 0 spiro atoms. The first-order chi connectivity index (χ1) is 12.5. The molecule has 3 aliphatic rings. The van der Waals surface area contributed by atoms with Gasteiger partial charge < -0.3 is 10.6 Å². The van der Waals surface area contributed by atoms with Gasteiger partial charge in [-0.05, 0) is 29.9 Å². The van der Waals surface area contributed by atoms with Gasteiger partial charge in [-0.15, -0.1) is 0 Å². The minimum absolute atomic E-state index is 0.0571. The molecule has 3 fully saturated rings. The molecule has 3 saturated heterocycles. The van der Waals surface area contributed by atoms with Crippen LogP contribution < -0.4 is 10.6 Å². The number of piperazine rings is 1. The van der Waals surface area contributed by atoms with Gasteiger partial charge in [-0.1, -0.05) is 74.5 Å². The van der Waals surface area contributed by atoms with Gasteiger partial charge in [0.15, 0.2) is 0 Å². The fraction of sp³-hybridized carbons (Fsp3) is 0.364. The zero-order valence-corrected chi connectivity index (χ0v) is 15.2. The van der Waals surface area contributed by atoms with Crippen molar-refractivity contribution in [2.75, 3.05) is 0 Å². The summed E-state index contributed by atoms with van der Waals surface area (Å²) < 4.78 is 0. The smallest absolute Gasteiger partial charge is 0.246 e. The van der Waals surface area contributed by atoms with Crippen molar-refractivity contribution in [1.29, 1.82) is 0 Å². The van der Waals surface area contributed by atoms with Gasteiger partial charge in [0.25, 0.3) is 0 Å². The summed E-state index contributed by atoms with van der Waals surface area (Å²) in [5.41, 5.74) is 0.706. The second-order valence-corrected chi connectivity index (χ2v) is 7.96. The van der Waals surface area contributed by atoms with E-state index in [1.54, 1.807) is 0 Å². The molecule has 2 amide bonds. The normalized spacial score (nSPS) is 26.5. The SMILES string of the molecule is CC(C)C[C@@]12CC(c3ccccc3)(c3ccccc3)[C@H](NC1=O)C(=O)N2. The summed E-state index contributed by atoms with van der Waals surface area (Å²) in [4.78, 5) is 25.9. The van der Waals surface area contributed by atoms with Crippen molar-refractivity contribution in [1.82, 2.24) is 10.6 Å². The van der Waals surface area contributed by atoms with E-state index in [4.69, 9.17) is 0 Å². The molecule has 4 heteroatoms. The number of nitrogens with one attached hydrogen (secondary N) is 2. The summed E-state index contributed by atoms with van der Waals surface area (Å²) in [6.45, 7) is 4.17. The quantitative estimate of drug-likeness (QED) is 0.893. The van der Waals surface area contributed by atoms with Crippen LogP contribution in [0.4, 0.5) is 0 Å². The van der Waals surface area contributed by atoms with Crippen molar-refractivity contribution in [2.24, 2.45) is 5.92 Å². The molecule has 3 aliphatic heterocycles. The van der Waals surface area contributed by atoms with Crippen molar-refractivity contribution in [3.63, 3.8) is 0 Å². The van der Waals surface area contributed by atoms with Gasteiger partial charge in [0.2, 0.25) is 11.8 Å². The minimum atomic E-state index is -0.869. The molecule has 2 atom stereocenters. The molecule has 2 aromatic rings. The van der Waals surface area contributed by atoms with Crippen molar-refractivity contribution < 1.29 is 9.59 Å². The zero-order valence-electron chi connectivity index (χ0n) is 15.2. The molecule has 26 heavy (non-hydrogen) atoms. The van der Waals surface area contributed by atoms with Gasteiger partial charge in [-0.3, -0.25) is 9.59 Å². The van der Waals surface area contributed by atoms with Gasteiger partial charge in [-0.2, -0.15) is 0 Å². The van der Waals surface area contributed by atoms with Crippen LogP contribution in [0.1, 0.15) is 37.8 Å². The Morgan fingerprint density at radius 1 is 0.962 bits per heavy atom. The van der Waals surface area contributed by atoms with E-state index in [1.165, 1.54) is 0 Å². The number of fused-ring (bicyclic) bond motifs is 3. The summed E-state index contributed by atoms with van der Waals surface area (Å²) in [6.07, 6.45) is 1.20. The van der Waals surface area contributed by atoms with Gasteiger partial charge in [0.05, 0.1) is 5.41 Å². The van der Waals surface area contributed by atoms with Crippen LogP contribution in [-0.4, -0.2) is 23.4 Å². The molecular weight excluding hydrogens is 324 g/mol. The van der Waals surface area contributed by atoms with Crippen molar-refractivity contribution in [3.8, 4) is 0 Å². The Morgan fingerprint density at radius 3 is 2.00 bits per heavy atom. The molecular formula is C22H24N2O2. The molecule has 0 aliphatic carbocycles. The van der Waals surface area contributed by atoms with E-state index in [0.29, 0.717) is 18.8 Å². The second-order valence-electron chi connectivity index (χ2n) is 7.96. The number of carbonyl (C=O) groups excluding carboxylic acids is 2. The highest BCUT2D eigenvalue weighted by atomic mass is 16.2. The lowest BCUT2D eigenvalue weighted by molar-refractivity contribution is -0.151. The van der Waals surface area contributed by atoms with Gasteiger partial charge in [0.1, 0.15) is 11.6 Å². The fourth-order valence-electron chi connectivity index (χ4n) is 4.84. The Kier molecular flexibility index (Phi) is 3.87. The molecule has 0 aromatic heterocycles. The number of hydrogen-bond donors (Lipinski definition) is 2. The van der Waals surface area contributed by atoms with Crippen LogP contribution in [0, 0.1) is 5.92 Å². The maximum Gasteiger partial charge on any atom is 0.246 e. The lowest BCUT2D eigenvalue weighted by atomic mass is 9.56. The van der Waals surface area contributed by atoms with E-state index in [0.717, 1.165) is 11.1 Å². The Balaban J connectivity index is 1.95. The lowest BCUT2D eigenvalue weighted by Gasteiger charge is -2.57. The fourth-order valence-corrected chi connectivity index (χ4v) is 4.84. The van der Waals surface area contributed by atoms with Crippen LogP contribution >= 0.6 is 0 Å². The lowest BCUT2D eigenvalue weighted by Crippen LogP contribution is -2.80. The zero-order chi connectivity index (χ0) is 18.4. The van der Waals surface area contributed by atoms with Gasteiger partial charge >= 0.3 is 0 Å². The van der Waals surface area contributed by atoms with Crippen LogP contribution in [-0.2, 0) is 15.0 Å². The Labute approximate surface area is 154 Å². The molecule has 0 saturated carbocycles. The van der Waals surface area contributed by atoms with Gasteiger partial charge in [0, 0.05) is 0 Å². The molecule has 134 valence electrons. The highest BCUT2D eigenvalue weighted by molar-refractivity contribution is 6.03. The number of carbonyl (C=O) groups is 2. The number of piperidine rings is 2. The molecule has 2 N–H and O–H groups in total. The predicted molar refractivity (Wildman–Crippen MR) is 101 cm³/mol. The third-order valence-corrected chi connectivity index (χ3v) is 5.74. The maximum atomic E-state index is 13.0. The molecule has 0 unspecified atom stereocenters.